The van der Waals surface area contributed by atoms with Gasteiger partial charge < -0.3 is 9.84 Å². The standard InChI is InChI=1S/C16H17NO4/c1-16(2,3)21-15(20)17-13-6-4-5-10-7-8-11(14(18)19)9-12(10)13/h4-9H,1-3H3,(H,17,20)(H,18,19). The summed E-state index contributed by atoms with van der Waals surface area (Å²) in [6.45, 7) is 5.33. The van der Waals surface area contributed by atoms with Crippen LogP contribution in [0, 0.1) is 0 Å². The number of carbonyl (C=O) groups excluding carboxylic acids is 1. The number of rotatable bonds is 2. The number of aromatic carboxylic acids is 1. The summed E-state index contributed by atoms with van der Waals surface area (Å²) in [4.78, 5) is 22.9. The zero-order chi connectivity index (χ0) is 15.6. The van der Waals surface area contributed by atoms with Crippen LogP contribution in [0.2, 0.25) is 0 Å². The van der Waals surface area contributed by atoms with Crippen molar-refractivity contribution in [2.45, 2.75) is 26.4 Å². The number of anilines is 1. The summed E-state index contributed by atoms with van der Waals surface area (Å²) < 4.78 is 5.20. The highest BCUT2D eigenvalue weighted by molar-refractivity contribution is 6.03. The van der Waals surface area contributed by atoms with Gasteiger partial charge in [-0.25, -0.2) is 9.59 Å². The lowest BCUT2D eigenvalue weighted by Gasteiger charge is -2.20. The van der Waals surface area contributed by atoms with Gasteiger partial charge in [-0.05, 0) is 44.4 Å². The second kappa shape index (κ2) is 5.44. The third-order valence-corrected chi connectivity index (χ3v) is 2.76. The van der Waals surface area contributed by atoms with E-state index >= 15 is 0 Å². The number of benzene rings is 2. The molecule has 0 aliphatic rings. The molecule has 0 bridgehead atoms. The Kier molecular flexibility index (Phi) is 3.84. The summed E-state index contributed by atoms with van der Waals surface area (Å²) in [5.74, 6) is -1.01. The molecule has 0 spiro atoms. The van der Waals surface area contributed by atoms with Crippen LogP contribution >= 0.6 is 0 Å². The van der Waals surface area contributed by atoms with Crippen molar-refractivity contribution in [2.24, 2.45) is 0 Å². The summed E-state index contributed by atoms with van der Waals surface area (Å²) in [5.41, 5.74) is 0.0896. The molecule has 5 heteroatoms. The van der Waals surface area contributed by atoms with Crippen LogP contribution in [0.4, 0.5) is 10.5 Å². The molecular weight excluding hydrogens is 270 g/mol. The van der Waals surface area contributed by atoms with Crippen molar-refractivity contribution in [1.29, 1.82) is 0 Å². The molecule has 5 nitrogen and oxygen atoms in total. The summed E-state index contributed by atoms with van der Waals surface area (Å²) >= 11 is 0. The number of carboxylic acid groups (broad SMARTS) is 1. The van der Waals surface area contributed by atoms with Crippen LogP contribution in [0.15, 0.2) is 36.4 Å². The molecule has 0 unspecified atom stereocenters. The quantitative estimate of drug-likeness (QED) is 0.878. The van der Waals surface area contributed by atoms with E-state index in [1.807, 2.05) is 6.07 Å². The first-order chi connectivity index (χ1) is 9.76. The zero-order valence-corrected chi connectivity index (χ0v) is 12.1. The first-order valence-electron chi connectivity index (χ1n) is 6.52. The Morgan fingerprint density at radius 1 is 1.14 bits per heavy atom. The van der Waals surface area contributed by atoms with Crippen LogP contribution < -0.4 is 5.32 Å². The zero-order valence-electron chi connectivity index (χ0n) is 12.1. The molecular formula is C16H17NO4. The lowest BCUT2D eigenvalue weighted by Crippen LogP contribution is -2.27. The Balaban J connectivity index is 2.37. The molecule has 2 N–H and O–H groups in total. The second-order valence-corrected chi connectivity index (χ2v) is 5.67. The molecule has 2 aromatic carbocycles. The van der Waals surface area contributed by atoms with E-state index in [1.54, 1.807) is 39.0 Å². The van der Waals surface area contributed by atoms with Crippen LogP contribution in [0.5, 0.6) is 0 Å². The SMILES string of the molecule is CC(C)(C)OC(=O)Nc1cccc2ccc(C(=O)O)cc12. The number of amides is 1. The predicted octanol–water partition coefficient (Wildman–Crippen LogP) is 3.89. The van der Waals surface area contributed by atoms with Crippen molar-refractivity contribution in [1.82, 2.24) is 0 Å². The van der Waals surface area contributed by atoms with Crippen molar-refractivity contribution in [3.63, 3.8) is 0 Å². The van der Waals surface area contributed by atoms with Crippen molar-refractivity contribution in [2.75, 3.05) is 5.32 Å². The monoisotopic (exact) mass is 287 g/mol. The molecule has 110 valence electrons. The highest BCUT2D eigenvalue weighted by Crippen LogP contribution is 2.25. The number of nitrogens with one attached hydrogen (secondary N) is 1. The minimum absolute atomic E-state index is 0.168. The van der Waals surface area contributed by atoms with E-state index in [0.717, 1.165) is 5.39 Å². The highest BCUT2D eigenvalue weighted by Gasteiger charge is 2.17. The Labute approximate surface area is 122 Å². The molecule has 0 heterocycles. The maximum atomic E-state index is 11.8. The summed E-state index contributed by atoms with van der Waals surface area (Å²) in [5, 5.41) is 13.2. The molecule has 0 radical (unpaired) electrons. The lowest BCUT2D eigenvalue weighted by molar-refractivity contribution is 0.0634. The van der Waals surface area contributed by atoms with Gasteiger partial charge in [-0.3, -0.25) is 5.32 Å². The molecule has 2 rings (SSSR count). The minimum atomic E-state index is -1.01. The third kappa shape index (κ3) is 3.72. The number of hydrogen-bond acceptors (Lipinski definition) is 3. The molecule has 2 aromatic rings. The molecule has 0 saturated carbocycles. The Morgan fingerprint density at radius 3 is 2.48 bits per heavy atom. The van der Waals surface area contributed by atoms with Gasteiger partial charge in [-0.2, -0.15) is 0 Å². The molecule has 0 fully saturated rings. The number of carbonyl (C=O) groups is 2. The van der Waals surface area contributed by atoms with E-state index in [9.17, 15) is 9.59 Å². The topological polar surface area (TPSA) is 75.6 Å². The van der Waals surface area contributed by atoms with Crippen molar-refractivity contribution in [3.8, 4) is 0 Å². The first-order valence-corrected chi connectivity index (χ1v) is 6.52. The van der Waals surface area contributed by atoms with Gasteiger partial charge in [-0.15, -0.1) is 0 Å². The Morgan fingerprint density at radius 2 is 1.86 bits per heavy atom. The van der Waals surface area contributed by atoms with Crippen LogP contribution in [-0.2, 0) is 4.74 Å². The van der Waals surface area contributed by atoms with Gasteiger partial charge in [0.15, 0.2) is 0 Å². The highest BCUT2D eigenvalue weighted by atomic mass is 16.6. The maximum absolute atomic E-state index is 11.8. The number of ether oxygens (including phenoxy) is 1. The Bertz CT molecular complexity index is 701. The van der Waals surface area contributed by atoms with E-state index in [-0.39, 0.29) is 5.56 Å². The summed E-state index contributed by atoms with van der Waals surface area (Å²) in [6, 6.07) is 10.1. The number of hydrogen-bond donors (Lipinski definition) is 2. The smallest absolute Gasteiger partial charge is 0.412 e. The van der Waals surface area contributed by atoms with E-state index in [4.69, 9.17) is 9.84 Å². The minimum Gasteiger partial charge on any atom is -0.478 e. The largest absolute Gasteiger partial charge is 0.478 e. The van der Waals surface area contributed by atoms with Gasteiger partial charge in [0.2, 0.25) is 0 Å². The van der Waals surface area contributed by atoms with E-state index < -0.39 is 17.7 Å². The Hall–Kier alpha value is -2.56. The lowest BCUT2D eigenvalue weighted by atomic mass is 10.1. The van der Waals surface area contributed by atoms with Gasteiger partial charge >= 0.3 is 12.1 Å². The fourth-order valence-electron chi connectivity index (χ4n) is 1.93. The normalized spacial score (nSPS) is 11.2. The van der Waals surface area contributed by atoms with E-state index in [0.29, 0.717) is 11.1 Å². The van der Waals surface area contributed by atoms with Crippen LogP contribution in [0.3, 0.4) is 0 Å². The summed E-state index contributed by atoms with van der Waals surface area (Å²) in [6.07, 6.45) is -0.573. The number of carboxylic acids is 1. The van der Waals surface area contributed by atoms with Gasteiger partial charge in [0.25, 0.3) is 0 Å². The van der Waals surface area contributed by atoms with Gasteiger partial charge in [-0.1, -0.05) is 18.2 Å². The molecule has 0 saturated heterocycles. The van der Waals surface area contributed by atoms with Gasteiger partial charge in [0.05, 0.1) is 11.3 Å². The van der Waals surface area contributed by atoms with E-state index in [2.05, 4.69) is 5.32 Å². The second-order valence-electron chi connectivity index (χ2n) is 5.67. The van der Waals surface area contributed by atoms with Gasteiger partial charge in [0.1, 0.15) is 5.60 Å². The molecule has 0 aliphatic heterocycles. The predicted molar refractivity (Wildman–Crippen MR) is 80.8 cm³/mol. The van der Waals surface area contributed by atoms with Crippen molar-refractivity contribution in [3.05, 3.63) is 42.0 Å². The molecule has 0 aliphatic carbocycles. The summed E-state index contributed by atoms with van der Waals surface area (Å²) in [7, 11) is 0. The van der Waals surface area contributed by atoms with Crippen LogP contribution in [-0.4, -0.2) is 22.8 Å². The van der Waals surface area contributed by atoms with Crippen molar-refractivity contribution < 1.29 is 19.4 Å². The molecule has 21 heavy (non-hydrogen) atoms. The molecule has 0 atom stereocenters. The fraction of sp³-hybridized carbons (Fsp3) is 0.250. The maximum Gasteiger partial charge on any atom is 0.412 e. The van der Waals surface area contributed by atoms with Crippen LogP contribution in [0.25, 0.3) is 10.8 Å². The molecule has 0 aromatic heterocycles. The molecule has 1 amide bonds. The first kappa shape index (κ1) is 14.8. The fourth-order valence-corrected chi connectivity index (χ4v) is 1.93. The van der Waals surface area contributed by atoms with Gasteiger partial charge in [0, 0.05) is 5.39 Å². The van der Waals surface area contributed by atoms with Crippen molar-refractivity contribution >= 4 is 28.5 Å². The third-order valence-electron chi connectivity index (χ3n) is 2.76. The number of fused-ring (bicyclic) bond motifs is 1. The average molecular weight is 287 g/mol. The van der Waals surface area contributed by atoms with E-state index in [1.165, 1.54) is 12.1 Å². The van der Waals surface area contributed by atoms with Crippen LogP contribution in [0.1, 0.15) is 31.1 Å². The average Bonchev–Trinajstić information content (AvgIpc) is 2.36.